The maximum Gasteiger partial charge on any atom is 0.295 e. The van der Waals surface area contributed by atoms with Crippen LogP contribution in [0.25, 0.3) is 5.76 Å². The normalized spacial score (nSPS) is 19.2. The zero-order valence-corrected chi connectivity index (χ0v) is 18.1. The van der Waals surface area contributed by atoms with Gasteiger partial charge in [0.15, 0.2) is 0 Å². The smallest absolute Gasteiger partial charge is 0.295 e. The third-order valence-electron chi connectivity index (χ3n) is 5.45. The summed E-state index contributed by atoms with van der Waals surface area (Å²) in [7, 11) is 3.90. The summed E-state index contributed by atoms with van der Waals surface area (Å²) in [6.45, 7) is 0.309. The minimum Gasteiger partial charge on any atom is -0.507 e. The second-order valence-corrected chi connectivity index (χ2v) is 8.58. The first-order valence-electron chi connectivity index (χ1n) is 9.92. The third-order valence-corrected chi connectivity index (χ3v) is 6.43. The molecule has 1 saturated heterocycles. The lowest BCUT2D eigenvalue weighted by Crippen LogP contribution is -2.37. The number of likely N-dealkylation sites (N-methyl/N-ethyl adjacent to an activating group) is 1. The fourth-order valence-electron chi connectivity index (χ4n) is 3.88. The van der Waals surface area contributed by atoms with Gasteiger partial charge in [-0.2, -0.15) is 0 Å². The average molecular weight is 434 g/mol. The number of Topliss-reactive ketones (excluding diaryl/α,β-unsaturated/α-hetero) is 1. The Kier molecular flexibility index (Phi) is 5.97. The molecule has 1 fully saturated rings. The molecule has 1 N–H and O–H groups in total. The molecule has 6 nitrogen and oxygen atoms in total. The molecule has 0 bridgehead atoms. The van der Waals surface area contributed by atoms with Crippen molar-refractivity contribution in [3.05, 3.63) is 93.9 Å². The molecule has 7 heteroatoms. The molecule has 0 saturated carbocycles. The van der Waals surface area contributed by atoms with Gasteiger partial charge in [0.05, 0.1) is 17.7 Å². The van der Waals surface area contributed by atoms with E-state index in [0.717, 1.165) is 4.88 Å². The lowest BCUT2D eigenvalue weighted by atomic mass is 9.96. The minimum absolute atomic E-state index is 0.0888. The van der Waals surface area contributed by atoms with Crippen molar-refractivity contribution in [2.75, 3.05) is 20.6 Å². The van der Waals surface area contributed by atoms with Crippen molar-refractivity contribution in [2.24, 2.45) is 0 Å². The summed E-state index contributed by atoms with van der Waals surface area (Å²) in [5.41, 5.74) is 1.27. The number of carbonyl (C=O) groups excluding carboxylic acids is 2. The van der Waals surface area contributed by atoms with E-state index in [0.29, 0.717) is 17.7 Å². The van der Waals surface area contributed by atoms with Crippen molar-refractivity contribution in [1.29, 1.82) is 0 Å². The highest BCUT2D eigenvalue weighted by atomic mass is 32.1. The van der Waals surface area contributed by atoms with Gasteiger partial charge in [0.25, 0.3) is 11.7 Å². The van der Waals surface area contributed by atoms with Gasteiger partial charge in [-0.25, -0.2) is 0 Å². The number of hydrogen-bond acceptors (Lipinski definition) is 6. The number of benzene rings is 1. The van der Waals surface area contributed by atoms with E-state index < -0.39 is 17.7 Å². The van der Waals surface area contributed by atoms with Crippen LogP contribution in [0.1, 0.15) is 28.1 Å². The molecule has 1 aliphatic heterocycles. The van der Waals surface area contributed by atoms with E-state index in [1.807, 2.05) is 48.6 Å². The molecule has 1 amide bonds. The number of carbonyl (C=O) groups is 2. The summed E-state index contributed by atoms with van der Waals surface area (Å²) in [4.78, 5) is 35.1. The molecule has 0 spiro atoms. The highest BCUT2D eigenvalue weighted by Gasteiger charge is 2.47. The Morgan fingerprint density at radius 1 is 1.13 bits per heavy atom. The van der Waals surface area contributed by atoms with Gasteiger partial charge < -0.3 is 14.9 Å². The van der Waals surface area contributed by atoms with Gasteiger partial charge in [0, 0.05) is 29.4 Å². The Balaban J connectivity index is 1.83. The number of likely N-dealkylation sites (tertiary alicyclic amines) is 1. The summed E-state index contributed by atoms with van der Waals surface area (Å²) >= 11 is 1.61. The van der Waals surface area contributed by atoms with Crippen molar-refractivity contribution in [3.63, 3.8) is 0 Å². The second-order valence-electron chi connectivity index (χ2n) is 7.60. The van der Waals surface area contributed by atoms with Crippen LogP contribution in [0.4, 0.5) is 0 Å². The summed E-state index contributed by atoms with van der Waals surface area (Å²) in [5.74, 6) is -1.47. The highest BCUT2D eigenvalue weighted by molar-refractivity contribution is 7.10. The van der Waals surface area contributed by atoms with Crippen LogP contribution in [0, 0.1) is 0 Å². The van der Waals surface area contributed by atoms with Crippen molar-refractivity contribution in [1.82, 2.24) is 14.8 Å². The van der Waals surface area contributed by atoms with Gasteiger partial charge in [-0.1, -0.05) is 42.5 Å². The number of ketones is 1. The molecule has 1 aliphatic rings. The number of rotatable bonds is 6. The van der Waals surface area contributed by atoms with E-state index in [2.05, 4.69) is 4.98 Å². The summed E-state index contributed by atoms with van der Waals surface area (Å²) < 4.78 is 0. The van der Waals surface area contributed by atoms with Crippen molar-refractivity contribution in [3.8, 4) is 0 Å². The van der Waals surface area contributed by atoms with Crippen LogP contribution >= 0.6 is 11.3 Å². The van der Waals surface area contributed by atoms with E-state index in [1.165, 1.54) is 0 Å². The summed E-state index contributed by atoms with van der Waals surface area (Å²) in [6.07, 6.45) is 3.28. The number of aromatic nitrogens is 1. The third kappa shape index (κ3) is 4.02. The molecule has 31 heavy (non-hydrogen) atoms. The van der Waals surface area contributed by atoms with Crippen molar-refractivity contribution in [2.45, 2.75) is 12.1 Å². The van der Waals surface area contributed by atoms with E-state index in [9.17, 15) is 14.7 Å². The molecule has 158 valence electrons. The van der Waals surface area contributed by atoms with Gasteiger partial charge in [0.1, 0.15) is 5.76 Å². The first-order chi connectivity index (χ1) is 15.0. The largest absolute Gasteiger partial charge is 0.507 e. The zero-order valence-electron chi connectivity index (χ0n) is 17.3. The van der Waals surface area contributed by atoms with E-state index in [1.54, 1.807) is 59.0 Å². The average Bonchev–Trinajstić information content (AvgIpc) is 3.40. The molecule has 4 rings (SSSR count). The predicted octanol–water partition coefficient (Wildman–Crippen LogP) is 3.87. The topological polar surface area (TPSA) is 73.7 Å². The van der Waals surface area contributed by atoms with Crippen molar-refractivity contribution >= 4 is 28.8 Å². The quantitative estimate of drug-likeness (QED) is 0.363. The van der Waals surface area contributed by atoms with Gasteiger partial charge in [0.2, 0.25) is 0 Å². The van der Waals surface area contributed by atoms with Gasteiger partial charge in [-0.05, 0) is 37.2 Å². The Morgan fingerprint density at radius 2 is 1.90 bits per heavy atom. The molecule has 2 atom stereocenters. The molecule has 2 aromatic heterocycles. The second kappa shape index (κ2) is 8.83. The number of thiophene rings is 1. The van der Waals surface area contributed by atoms with Crippen LogP contribution in [0.15, 0.2) is 77.9 Å². The maximum absolute atomic E-state index is 13.2. The standard InChI is InChI=1S/C24H23N3O3S/c1-26(2)18(19-11-7-13-31-19)15-27-21(17-10-6-12-25-14-17)20(23(29)24(27)30)22(28)16-8-4-3-5-9-16/h3-14,18,21,28H,15H2,1-2H3/b22-20-. The Morgan fingerprint density at radius 3 is 2.52 bits per heavy atom. The molecule has 1 aromatic carbocycles. The molecule has 2 unspecified atom stereocenters. The Hall–Kier alpha value is -3.29. The molecule has 3 aromatic rings. The maximum atomic E-state index is 13.2. The van der Waals surface area contributed by atoms with Gasteiger partial charge in [-0.15, -0.1) is 11.3 Å². The number of amides is 1. The Bertz CT molecular complexity index is 1100. The fraction of sp³-hybridized carbons (Fsp3) is 0.208. The predicted molar refractivity (Wildman–Crippen MR) is 120 cm³/mol. The SMILES string of the molecule is CN(C)C(CN1C(=O)C(=O)/C(=C(\O)c2ccccc2)C1c1cccnc1)c1cccs1. The lowest BCUT2D eigenvalue weighted by Gasteiger charge is -2.32. The molecule has 0 aliphatic carbocycles. The van der Waals surface area contributed by atoms with Crippen molar-refractivity contribution < 1.29 is 14.7 Å². The van der Waals surface area contributed by atoms with Gasteiger partial charge in [-0.3, -0.25) is 14.6 Å². The lowest BCUT2D eigenvalue weighted by molar-refractivity contribution is -0.140. The number of aliphatic hydroxyl groups excluding tert-OH is 1. The first kappa shape index (κ1) is 21.0. The number of hydrogen-bond donors (Lipinski definition) is 1. The van der Waals surface area contributed by atoms with E-state index in [-0.39, 0.29) is 17.4 Å². The number of aliphatic hydroxyl groups is 1. The highest BCUT2D eigenvalue weighted by Crippen LogP contribution is 2.40. The summed E-state index contributed by atoms with van der Waals surface area (Å²) in [6, 6.07) is 15.6. The molecule has 0 radical (unpaired) electrons. The van der Waals surface area contributed by atoms with Crippen LogP contribution in [-0.4, -0.2) is 52.2 Å². The van der Waals surface area contributed by atoms with Crippen LogP contribution in [-0.2, 0) is 9.59 Å². The fourth-order valence-corrected chi connectivity index (χ4v) is 4.79. The number of pyridine rings is 1. The van der Waals surface area contributed by atoms with Gasteiger partial charge >= 0.3 is 0 Å². The monoisotopic (exact) mass is 433 g/mol. The van der Waals surface area contributed by atoms with E-state index >= 15 is 0 Å². The Labute approximate surface area is 185 Å². The zero-order chi connectivity index (χ0) is 22.0. The van der Waals surface area contributed by atoms with Crippen LogP contribution in [0.5, 0.6) is 0 Å². The molecular weight excluding hydrogens is 410 g/mol. The van der Waals surface area contributed by atoms with Crippen LogP contribution < -0.4 is 0 Å². The van der Waals surface area contributed by atoms with Crippen LogP contribution in [0.2, 0.25) is 0 Å². The first-order valence-corrected chi connectivity index (χ1v) is 10.8. The van der Waals surface area contributed by atoms with E-state index in [4.69, 9.17) is 0 Å². The number of nitrogens with zero attached hydrogens (tertiary/aromatic N) is 3. The minimum atomic E-state index is -0.712. The van der Waals surface area contributed by atoms with Crippen LogP contribution in [0.3, 0.4) is 0 Å². The summed E-state index contributed by atoms with van der Waals surface area (Å²) in [5, 5.41) is 13.0. The molecular formula is C24H23N3O3S. The molecule has 3 heterocycles.